The zero-order chi connectivity index (χ0) is 26.6. The molecule has 0 aromatic heterocycles. The molecule has 1 saturated heterocycles. The molecule has 0 unspecified atom stereocenters. The molecule has 1 rings (SSSR count). The fourth-order valence-corrected chi connectivity index (χ4v) is 3.61. The lowest BCUT2D eigenvalue weighted by atomic mass is 9.99. The first-order valence-corrected chi connectivity index (χ1v) is 13.1. The summed E-state index contributed by atoms with van der Waals surface area (Å²) in [5.74, 6) is -0.400. The van der Waals surface area contributed by atoms with Crippen LogP contribution in [0.5, 0.6) is 0 Å². The molecule has 0 amide bonds. The van der Waals surface area contributed by atoms with E-state index in [0.717, 1.165) is 57.8 Å². The Bertz CT molecular complexity index is 647. The highest BCUT2D eigenvalue weighted by molar-refractivity contribution is 5.69. The van der Waals surface area contributed by atoms with Gasteiger partial charge in [0.15, 0.2) is 6.29 Å². The molecule has 0 bridgehead atoms. The van der Waals surface area contributed by atoms with Gasteiger partial charge in [0, 0.05) is 6.42 Å². The molecular weight excluding hydrogens is 468 g/mol. The minimum absolute atomic E-state index is 0.271. The van der Waals surface area contributed by atoms with E-state index in [2.05, 4.69) is 43.4 Å². The molecule has 0 spiro atoms. The number of aliphatic hydroxyl groups excluding tert-OH is 5. The van der Waals surface area contributed by atoms with Crippen molar-refractivity contribution in [3.63, 3.8) is 0 Å². The van der Waals surface area contributed by atoms with E-state index in [1.807, 2.05) is 0 Å². The Morgan fingerprint density at radius 3 is 2.19 bits per heavy atom. The van der Waals surface area contributed by atoms with Crippen molar-refractivity contribution in [3.05, 3.63) is 36.5 Å². The van der Waals surface area contributed by atoms with Gasteiger partial charge in [0.25, 0.3) is 0 Å². The quantitative estimate of drug-likeness (QED) is 0.0995. The molecular formula is C27H46O9. The van der Waals surface area contributed by atoms with Gasteiger partial charge in [0.05, 0.1) is 13.2 Å². The first kappa shape index (κ1) is 32.4. The first-order chi connectivity index (χ1) is 17.4. The summed E-state index contributed by atoms with van der Waals surface area (Å²) in [6, 6.07) is 0. The maximum absolute atomic E-state index is 11.9. The molecule has 1 heterocycles. The van der Waals surface area contributed by atoms with E-state index in [1.165, 1.54) is 0 Å². The molecule has 1 aliphatic rings. The number of aliphatic hydroxyl groups is 5. The minimum Gasteiger partial charge on any atom is -0.463 e. The molecule has 1 aliphatic heterocycles. The Morgan fingerprint density at radius 2 is 1.50 bits per heavy atom. The summed E-state index contributed by atoms with van der Waals surface area (Å²) in [7, 11) is 0. The third kappa shape index (κ3) is 14.2. The van der Waals surface area contributed by atoms with E-state index in [1.54, 1.807) is 0 Å². The second kappa shape index (κ2) is 20.5. The van der Waals surface area contributed by atoms with Crippen molar-refractivity contribution >= 4 is 5.97 Å². The number of carbonyl (C=O) groups is 1. The lowest BCUT2D eigenvalue weighted by Crippen LogP contribution is -2.59. The standard InChI is InChI=1S/C27H46O9/c1-2-3-4-5-6-7-8-9-10-11-12-13-14-15-16-17-23(30)34-19-21(29)20-35-27-26(33)25(32)24(31)22(18-28)36-27/h3-4,6-7,9-10,21-22,24-29,31-33H,2,5,8,11-20H2,1H3/b4-3-,7-6-,10-9-/t21-,22-,24-,25+,26-,27-/m1/s1. The number of ether oxygens (including phenoxy) is 3. The molecule has 0 saturated carbocycles. The normalized spacial score (nSPS) is 25.8. The van der Waals surface area contributed by atoms with Gasteiger partial charge in [-0.05, 0) is 38.5 Å². The van der Waals surface area contributed by atoms with Gasteiger partial charge >= 0.3 is 5.97 Å². The highest BCUT2D eigenvalue weighted by Crippen LogP contribution is 2.22. The first-order valence-electron chi connectivity index (χ1n) is 13.1. The van der Waals surface area contributed by atoms with E-state index in [4.69, 9.17) is 19.3 Å². The second-order valence-corrected chi connectivity index (χ2v) is 8.97. The predicted octanol–water partition coefficient (Wildman–Crippen LogP) is 2.30. The summed E-state index contributed by atoms with van der Waals surface area (Å²) in [6.07, 6.45) is 14.3. The van der Waals surface area contributed by atoms with Crippen LogP contribution in [-0.2, 0) is 19.0 Å². The summed E-state index contributed by atoms with van der Waals surface area (Å²) in [5.41, 5.74) is 0. The van der Waals surface area contributed by atoms with Crippen LogP contribution in [0.15, 0.2) is 36.5 Å². The van der Waals surface area contributed by atoms with Gasteiger partial charge in [-0.3, -0.25) is 4.79 Å². The van der Waals surface area contributed by atoms with E-state index in [-0.39, 0.29) is 19.6 Å². The van der Waals surface area contributed by atoms with Crippen LogP contribution in [0.2, 0.25) is 0 Å². The molecule has 0 aromatic rings. The van der Waals surface area contributed by atoms with Crippen LogP contribution in [0.4, 0.5) is 0 Å². The Balaban J connectivity index is 2.02. The van der Waals surface area contributed by atoms with Crippen LogP contribution < -0.4 is 0 Å². The number of rotatable bonds is 19. The molecule has 6 atom stereocenters. The van der Waals surface area contributed by atoms with Crippen molar-refractivity contribution in [1.82, 2.24) is 0 Å². The fraction of sp³-hybridized carbons (Fsp3) is 0.741. The number of unbranched alkanes of at least 4 members (excludes halogenated alkanes) is 5. The van der Waals surface area contributed by atoms with Gasteiger partial charge < -0.3 is 39.7 Å². The van der Waals surface area contributed by atoms with Gasteiger partial charge in [0.2, 0.25) is 0 Å². The van der Waals surface area contributed by atoms with Crippen LogP contribution in [-0.4, -0.2) is 88.1 Å². The number of hydrogen-bond donors (Lipinski definition) is 5. The lowest BCUT2D eigenvalue weighted by molar-refractivity contribution is -0.305. The molecule has 208 valence electrons. The molecule has 9 nitrogen and oxygen atoms in total. The van der Waals surface area contributed by atoms with Crippen molar-refractivity contribution in [2.45, 2.75) is 108 Å². The average molecular weight is 515 g/mol. The molecule has 0 aliphatic carbocycles. The SMILES string of the molecule is CC/C=C\C/C=C\C/C=C\CCCCCCCC(=O)OC[C@@H](O)CO[C@@H]1O[C@H](CO)[C@@H](O)[C@H](O)[C@H]1O. The summed E-state index contributed by atoms with van der Waals surface area (Å²) >= 11 is 0. The van der Waals surface area contributed by atoms with Crippen molar-refractivity contribution < 1.29 is 44.5 Å². The smallest absolute Gasteiger partial charge is 0.305 e. The average Bonchev–Trinajstić information content (AvgIpc) is 2.88. The Morgan fingerprint density at radius 1 is 0.861 bits per heavy atom. The largest absolute Gasteiger partial charge is 0.463 e. The zero-order valence-electron chi connectivity index (χ0n) is 21.5. The predicted molar refractivity (Wildman–Crippen MR) is 136 cm³/mol. The fourth-order valence-electron chi connectivity index (χ4n) is 3.61. The molecule has 9 heteroatoms. The minimum atomic E-state index is -1.56. The number of carbonyl (C=O) groups excluding carboxylic acids is 1. The van der Waals surface area contributed by atoms with Crippen molar-refractivity contribution in [3.8, 4) is 0 Å². The van der Waals surface area contributed by atoms with Crippen LogP contribution in [0.3, 0.4) is 0 Å². The zero-order valence-corrected chi connectivity index (χ0v) is 21.5. The maximum atomic E-state index is 11.9. The summed E-state index contributed by atoms with van der Waals surface area (Å²) in [6.45, 7) is 0.964. The van der Waals surface area contributed by atoms with E-state index in [0.29, 0.717) is 0 Å². The Kier molecular flexibility index (Phi) is 18.4. The highest BCUT2D eigenvalue weighted by Gasteiger charge is 2.44. The van der Waals surface area contributed by atoms with Crippen molar-refractivity contribution in [1.29, 1.82) is 0 Å². The summed E-state index contributed by atoms with van der Waals surface area (Å²) in [5, 5.41) is 48.5. The maximum Gasteiger partial charge on any atom is 0.305 e. The second-order valence-electron chi connectivity index (χ2n) is 8.97. The number of hydrogen-bond acceptors (Lipinski definition) is 9. The topological polar surface area (TPSA) is 146 Å². The Labute approximate surface area is 215 Å². The van der Waals surface area contributed by atoms with Crippen LogP contribution in [0.1, 0.15) is 71.1 Å². The molecule has 0 aromatic carbocycles. The van der Waals surface area contributed by atoms with Crippen LogP contribution in [0, 0.1) is 0 Å². The highest BCUT2D eigenvalue weighted by atomic mass is 16.7. The van der Waals surface area contributed by atoms with Crippen LogP contribution >= 0.6 is 0 Å². The van der Waals surface area contributed by atoms with Crippen molar-refractivity contribution in [2.24, 2.45) is 0 Å². The van der Waals surface area contributed by atoms with Gasteiger partial charge in [-0.15, -0.1) is 0 Å². The van der Waals surface area contributed by atoms with Gasteiger partial charge in [-0.2, -0.15) is 0 Å². The number of esters is 1. The summed E-state index contributed by atoms with van der Waals surface area (Å²) in [4.78, 5) is 11.9. The summed E-state index contributed by atoms with van der Waals surface area (Å²) < 4.78 is 15.5. The number of allylic oxidation sites excluding steroid dienone is 6. The molecule has 1 fully saturated rings. The van der Waals surface area contributed by atoms with E-state index in [9.17, 15) is 25.2 Å². The monoisotopic (exact) mass is 514 g/mol. The Hall–Kier alpha value is -1.59. The molecule has 5 N–H and O–H groups in total. The van der Waals surface area contributed by atoms with Crippen molar-refractivity contribution in [2.75, 3.05) is 19.8 Å². The van der Waals surface area contributed by atoms with Gasteiger partial charge in [-0.1, -0.05) is 62.6 Å². The van der Waals surface area contributed by atoms with Crippen LogP contribution in [0.25, 0.3) is 0 Å². The van der Waals surface area contributed by atoms with Gasteiger partial charge in [0.1, 0.15) is 37.1 Å². The van der Waals surface area contributed by atoms with E-state index >= 15 is 0 Å². The molecule has 36 heavy (non-hydrogen) atoms. The third-order valence-corrected chi connectivity index (χ3v) is 5.77. The lowest BCUT2D eigenvalue weighted by Gasteiger charge is -2.39. The van der Waals surface area contributed by atoms with E-state index < -0.39 is 49.4 Å². The van der Waals surface area contributed by atoms with Gasteiger partial charge in [-0.25, -0.2) is 0 Å². The molecule has 0 radical (unpaired) electrons. The third-order valence-electron chi connectivity index (χ3n) is 5.77.